The van der Waals surface area contributed by atoms with Gasteiger partial charge in [-0.25, -0.2) is 4.98 Å². The maximum absolute atomic E-state index is 12.7. The maximum atomic E-state index is 12.7. The van der Waals surface area contributed by atoms with Crippen LogP contribution in [0.5, 0.6) is 5.75 Å². The number of hydrogen-bond donors (Lipinski definition) is 0. The largest absolute Gasteiger partial charge is 0.496 e. The first kappa shape index (κ1) is 13.0. The van der Waals surface area contributed by atoms with Gasteiger partial charge in [0.05, 0.1) is 23.0 Å². The number of fused-ring (bicyclic) bond motifs is 1. The Hall–Kier alpha value is -1.49. The molecule has 0 aliphatic heterocycles. The molecule has 0 spiro atoms. The molecule has 0 saturated carbocycles. The predicted molar refractivity (Wildman–Crippen MR) is 63.0 cm³/mol. The lowest BCUT2D eigenvalue weighted by Crippen LogP contribution is -2.08. The molecule has 0 amide bonds. The summed E-state index contributed by atoms with van der Waals surface area (Å²) in [5.41, 5.74) is -0.190. The van der Waals surface area contributed by atoms with Crippen LogP contribution in [0.25, 0.3) is 10.9 Å². The molecule has 1 aromatic heterocycles. The Morgan fingerprint density at radius 2 is 1.94 bits per heavy atom. The Morgan fingerprint density at radius 3 is 2.50 bits per heavy atom. The number of nitrogens with zero attached hydrogens (tertiary/aromatic N) is 1. The molecule has 96 valence electrons. The third-order valence-corrected chi connectivity index (χ3v) is 2.88. The molecule has 0 saturated heterocycles. The van der Waals surface area contributed by atoms with Crippen LogP contribution in [0, 0.1) is 6.92 Å². The van der Waals surface area contributed by atoms with Gasteiger partial charge in [0, 0.05) is 0 Å². The average molecular weight is 276 g/mol. The zero-order valence-corrected chi connectivity index (χ0v) is 10.4. The predicted octanol–water partition coefficient (Wildman–Crippen LogP) is 4.22. The van der Waals surface area contributed by atoms with E-state index in [0.717, 1.165) is 6.07 Å². The number of methoxy groups -OCH3 is 1. The van der Waals surface area contributed by atoms with Gasteiger partial charge >= 0.3 is 6.18 Å². The van der Waals surface area contributed by atoms with Gasteiger partial charge in [-0.05, 0) is 24.6 Å². The van der Waals surface area contributed by atoms with E-state index < -0.39 is 11.9 Å². The topological polar surface area (TPSA) is 22.1 Å². The number of aryl methyl sites for hydroxylation is 1. The minimum atomic E-state index is -4.52. The second kappa shape index (κ2) is 4.31. The first-order valence-corrected chi connectivity index (χ1v) is 5.43. The summed E-state index contributed by atoms with van der Waals surface area (Å²) in [6, 6.07) is 4.11. The highest BCUT2D eigenvalue weighted by molar-refractivity contribution is 6.36. The molecule has 0 bridgehead atoms. The van der Waals surface area contributed by atoms with Gasteiger partial charge < -0.3 is 4.74 Å². The van der Waals surface area contributed by atoms with Crippen molar-refractivity contribution in [2.24, 2.45) is 0 Å². The van der Waals surface area contributed by atoms with E-state index in [4.69, 9.17) is 16.3 Å². The van der Waals surface area contributed by atoms with E-state index >= 15 is 0 Å². The summed E-state index contributed by atoms with van der Waals surface area (Å²) in [5, 5.41) is 0.375. The fourth-order valence-electron chi connectivity index (χ4n) is 1.71. The van der Waals surface area contributed by atoms with E-state index in [9.17, 15) is 13.2 Å². The Morgan fingerprint density at radius 1 is 1.28 bits per heavy atom. The summed E-state index contributed by atoms with van der Waals surface area (Å²) in [7, 11) is 1.43. The van der Waals surface area contributed by atoms with Gasteiger partial charge in [-0.1, -0.05) is 17.7 Å². The fraction of sp³-hybridized carbons (Fsp3) is 0.250. The van der Waals surface area contributed by atoms with Crippen LogP contribution >= 0.6 is 11.6 Å². The molecular formula is C12H9ClF3NO. The molecule has 0 radical (unpaired) electrons. The zero-order valence-electron chi connectivity index (χ0n) is 9.60. The number of benzene rings is 1. The summed E-state index contributed by atoms with van der Waals surface area (Å²) in [4.78, 5) is 3.63. The summed E-state index contributed by atoms with van der Waals surface area (Å²) >= 11 is 5.90. The highest BCUT2D eigenvalue weighted by Crippen LogP contribution is 2.37. The van der Waals surface area contributed by atoms with Gasteiger partial charge in [-0.3, -0.25) is 0 Å². The van der Waals surface area contributed by atoms with Crippen molar-refractivity contribution in [2.75, 3.05) is 7.11 Å². The lowest BCUT2D eigenvalue weighted by atomic mass is 10.1. The van der Waals surface area contributed by atoms with Crippen LogP contribution in [0.2, 0.25) is 5.02 Å². The molecule has 1 aromatic carbocycles. The highest BCUT2D eigenvalue weighted by atomic mass is 35.5. The van der Waals surface area contributed by atoms with Gasteiger partial charge in [0.2, 0.25) is 0 Å². The van der Waals surface area contributed by atoms with E-state index in [2.05, 4.69) is 4.98 Å². The number of aromatic nitrogens is 1. The van der Waals surface area contributed by atoms with Gasteiger partial charge in [0.15, 0.2) is 0 Å². The number of alkyl halides is 3. The van der Waals surface area contributed by atoms with Crippen LogP contribution in [0.3, 0.4) is 0 Å². The van der Waals surface area contributed by atoms with Crippen molar-refractivity contribution in [3.8, 4) is 5.75 Å². The van der Waals surface area contributed by atoms with Gasteiger partial charge in [0.25, 0.3) is 0 Å². The van der Waals surface area contributed by atoms with Crippen molar-refractivity contribution in [3.63, 3.8) is 0 Å². The Labute approximate surface area is 106 Å². The molecule has 0 aliphatic carbocycles. The number of hydrogen-bond acceptors (Lipinski definition) is 2. The minimum absolute atomic E-state index is 0.0205. The van der Waals surface area contributed by atoms with Crippen molar-refractivity contribution in [3.05, 3.63) is 34.5 Å². The molecule has 0 fully saturated rings. The maximum Gasteiger partial charge on any atom is 0.433 e. The first-order chi connectivity index (χ1) is 8.34. The van der Waals surface area contributed by atoms with Gasteiger partial charge in [0.1, 0.15) is 11.4 Å². The fourth-order valence-corrected chi connectivity index (χ4v) is 2.00. The highest BCUT2D eigenvalue weighted by Gasteiger charge is 2.33. The molecule has 2 rings (SSSR count). The third-order valence-electron chi connectivity index (χ3n) is 2.59. The van der Waals surface area contributed by atoms with Crippen LogP contribution in [0.1, 0.15) is 11.3 Å². The van der Waals surface area contributed by atoms with Crippen LogP contribution in [-0.4, -0.2) is 12.1 Å². The van der Waals surface area contributed by atoms with E-state index in [-0.39, 0.29) is 10.5 Å². The molecule has 18 heavy (non-hydrogen) atoms. The molecule has 2 nitrogen and oxygen atoms in total. The van der Waals surface area contributed by atoms with E-state index in [0.29, 0.717) is 16.7 Å². The minimum Gasteiger partial charge on any atom is -0.496 e. The lowest BCUT2D eigenvalue weighted by Gasteiger charge is -2.12. The number of pyridine rings is 1. The Balaban J connectivity index is 2.85. The summed E-state index contributed by atoms with van der Waals surface area (Å²) in [6.07, 6.45) is -4.52. The van der Waals surface area contributed by atoms with Crippen molar-refractivity contribution in [1.82, 2.24) is 4.98 Å². The third kappa shape index (κ3) is 2.10. The standard InChI is InChI=1S/C12H9ClF3NO/c1-6-3-4-8(18-2)10-7(13)5-9(12(14,15)16)17-11(6)10/h3-5H,1-2H3. The second-order valence-electron chi connectivity index (χ2n) is 3.80. The van der Waals surface area contributed by atoms with Crippen LogP contribution in [0.15, 0.2) is 18.2 Å². The van der Waals surface area contributed by atoms with Crippen molar-refractivity contribution < 1.29 is 17.9 Å². The molecule has 0 atom stereocenters. The van der Waals surface area contributed by atoms with Crippen LogP contribution in [0.4, 0.5) is 13.2 Å². The Kier molecular flexibility index (Phi) is 3.11. The van der Waals surface area contributed by atoms with Crippen LogP contribution in [-0.2, 0) is 6.18 Å². The summed E-state index contributed by atoms with van der Waals surface area (Å²) in [5.74, 6) is 0.404. The van der Waals surface area contributed by atoms with Crippen molar-refractivity contribution >= 4 is 22.5 Å². The SMILES string of the molecule is COc1ccc(C)c2nc(C(F)(F)F)cc(Cl)c12. The van der Waals surface area contributed by atoms with Gasteiger partial charge in [-0.2, -0.15) is 13.2 Å². The monoisotopic (exact) mass is 275 g/mol. The van der Waals surface area contributed by atoms with E-state index in [1.807, 2.05) is 0 Å². The second-order valence-corrected chi connectivity index (χ2v) is 4.20. The molecule has 0 unspecified atom stereocenters. The van der Waals surface area contributed by atoms with E-state index in [1.165, 1.54) is 7.11 Å². The quantitative estimate of drug-likeness (QED) is 0.777. The van der Waals surface area contributed by atoms with E-state index in [1.54, 1.807) is 19.1 Å². The average Bonchev–Trinajstić information content (AvgIpc) is 2.29. The smallest absolute Gasteiger partial charge is 0.433 e. The number of ether oxygens (including phenoxy) is 1. The molecule has 0 N–H and O–H groups in total. The lowest BCUT2D eigenvalue weighted by molar-refractivity contribution is -0.140. The zero-order chi connectivity index (χ0) is 13.5. The van der Waals surface area contributed by atoms with Crippen molar-refractivity contribution in [2.45, 2.75) is 13.1 Å². The molecule has 0 aliphatic rings. The van der Waals surface area contributed by atoms with Crippen LogP contribution < -0.4 is 4.74 Å². The summed E-state index contributed by atoms with van der Waals surface area (Å²) in [6.45, 7) is 1.67. The first-order valence-electron chi connectivity index (χ1n) is 5.05. The normalized spacial score (nSPS) is 11.9. The molecule has 2 aromatic rings. The number of halogens is 4. The molecule has 6 heteroatoms. The van der Waals surface area contributed by atoms with Gasteiger partial charge in [-0.15, -0.1) is 0 Å². The molecule has 1 heterocycles. The summed E-state index contributed by atoms with van der Waals surface area (Å²) < 4.78 is 43.1. The van der Waals surface area contributed by atoms with Crippen molar-refractivity contribution in [1.29, 1.82) is 0 Å². The molecular weight excluding hydrogens is 267 g/mol. The Bertz CT molecular complexity index is 610. The number of rotatable bonds is 1.